The Morgan fingerprint density at radius 3 is 2.42 bits per heavy atom. The molecule has 4 aromatic rings. The van der Waals surface area contributed by atoms with Crippen molar-refractivity contribution in [1.29, 1.82) is 0 Å². The first-order chi connectivity index (χ1) is 28.4. The van der Waals surface area contributed by atoms with Crippen LogP contribution in [0, 0.1) is 5.92 Å². The van der Waals surface area contributed by atoms with E-state index in [1.807, 2.05) is 66.2 Å². The van der Waals surface area contributed by atoms with Crippen LogP contribution in [0.1, 0.15) is 87.8 Å². The average molecular weight is 829 g/mol. The van der Waals surface area contributed by atoms with Crippen molar-refractivity contribution in [3.05, 3.63) is 114 Å². The van der Waals surface area contributed by atoms with Crippen LogP contribution in [0.3, 0.4) is 0 Å². The van der Waals surface area contributed by atoms with E-state index in [0.29, 0.717) is 68.4 Å². The van der Waals surface area contributed by atoms with Crippen LogP contribution in [-0.4, -0.2) is 69.4 Å². The number of carbonyl (C=O) groups excluding carboxylic acids is 2. The Kier molecular flexibility index (Phi) is 16.6. The summed E-state index contributed by atoms with van der Waals surface area (Å²) >= 11 is 0. The van der Waals surface area contributed by atoms with Gasteiger partial charge < -0.3 is 42.2 Å². The molecule has 0 unspecified atom stereocenters. The first-order valence-electron chi connectivity index (χ1n) is 20.5. The molecule has 318 valence electrons. The van der Waals surface area contributed by atoms with Crippen LogP contribution < -0.4 is 18.6 Å². The Morgan fingerprint density at radius 1 is 0.881 bits per heavy atom. The van der Waals surface area contributed by atoms with Gasteiger partial charge in [0.25, 0.3) is 0 Å². The van der Waals surface area contributed by atoms with Gasteiger partial charge in [0.15, 0.2) is 17.8 Å². The predicted molar refractivity (Wildman–Crippen MR) is 227 cm³/mol. The van der Waals surface area contributed by atoms with E-state index >= 15 is 0 Å². The van der Waals surface area contributed by atoms with Crippen molar-refractivity contribution in [3.8, 4) is 23.0 Å². The van der Waals surface area contributed by atoms with Crippen molar-refractivity contribution in [2.45, 2.75) is 91.0 Å². The van der Waals surface area contributed by atoms with Crippen LogP contribution in [0.2, 0.25) is 18.1 Å². The summed E-state index contributed by atoms with van der Waals surface area (Å²) in [6.45, 7) is 17.2. The molecule has 0 radical (unpaired) electrons. The molecule has 0 aliphatic carbocycles. The number of aromatic nitrogens is 2. The van der Waals surface area contributed by atoms with Gasteiger partial charge in [0.2, 0.25) is 8.32 Å². The van der Waals surface area contributed by atoms with Crippen LogP contribution in [-0.2, 0) is 30.3 Å². The lowest BCUT2D eigenvalue weighted by Crippen LogP contribution is -2.44. The summed E-state index contributed by atoms with van der Waals surface area (Å²) in [5.74, 6) is 1.73. The maximum absolute atomic E-state index is 12.5. The number of ether oxygens (including phenoxy) is 7. The molecular formula is C46H60N2O10Si. The summed E-state index contributed by atoms with van der Waals surface area (Å²) in [6, 6.07) is 20.8. The summed E-state index contributed by atoms with van der Waals surface area (Å²) < 4.78 is 50.6. The highest BCUT2D eigenvalue weighted by Crippen LogP contribution is 2.45. The van der Waals surface area contributed by atoms with Gasteiger partial charge in [-0.25, -0.2) is 9.78 Å². The highest BCUT2D eigenvalue weighted by atomic mass is 28.4. The van der Waals surface area contributed by atoms with Gasteiger partial charge in [-0.15, -0.1) is 0 Å². The van der Waals surface area contributed by atoms with Gasteiger partial charge in [-0.1, -0.05) is 63.3 Å². The van der Waals surface area contributed by atoms with E-state index in [0.717, 1.165) is 16.9 Å². The van der Waals surface area contributed by atoms with Gasteiger partial charge in [-0.05, 0) is 81.2 Å². The van der Waals surface area contributed by atoms with Crippen LogP contribution in [0.4, 0.5) is 0 Å². The number of hydrogen-bond acceptors (Lipinski definition) is 11. The minimum atomic E-state index is -2.18. The molecule has 1 aliphatic heterocycles. The topological polar surface area (TPSA) is 126 Å². The first-order valence-corrected chi connectivity index (χ1v) is 23.4. The quantitative estimate of drug-likeness (QED) is 0.0345. The van der Waals surface area contributed by atoms with E-state index in [1.54, 1.807) is 37.6 Å². The molecule has 2 heterocycles. The minimum Gasteiger partial charge on any atom is -0.543 e. The fraction of sp³-hybridized carbons (Fsp3) is 0.457. The summed E-state index contributed by atoms with van der Waals surface area (Å²) in [7, 11) is -2.18. The number of para-hydroxylation sites is 1. The van der Waals surface area contributed by atoms with Gasteiger partial charge >= 0.3 is 11.9 Å². The SMILES string of the molecule is CCOC(=O)CC/C=C\C[C@@H]1CO[C@H](c2cccc(OCCOc3cc(C(=O)OCC)ccc3OCCn3ccnc3)c2)O[C@@H]1c1ccccc1O[Si](C)(C)C(C)(C)C. The lowest BCUT2D eigenvalue weighted by Gasteiger charge is -2.40. The second kappa shape index (κ2) is 21.8. The highest BCUT2D eigenvalue weighted by Gasteiger charge is 2.41. The van der Waals surface area contributed by atoms with Gasteiger partial charge in [0.1, 0.15) is 31.3 Å². The summed E-state index contributed by atoms with van der Waals surface area (Å²) in [5.41, 5.74) is 2.16. The van der Waals surface area contributed by atoms with Gasteiger partial charge in [0.05, 0.1) is 44.4 Å². The number of benzene rings is 3. The molecule has 5 rings (SSSR count). The lowest BCUT2D eigenvalue weighted by molar-refractivity contribution is -0.244. The third-order valence-electron chi connectivity index (χ3n) is 10.3. The highest BCUT2D eigenvalue weighted by molar-refractivity contribution is 6.74. The van der Waals surface area contributed by atoms with Crippen molar-refractivity contribution in [1.82, 2.24) is 9.55 Å². The van der Waals surface area contributed by atoms with Crippen molar-refractivity contribution in [2.75, 3.05) is 39.6 Å². The number of rotatable bonds is 21. The minimum absolute atomic E-state index is 0.00653. The molecule has 0 N–H and O–H groups in total. The molecule has 12 nitrogen and oxygen atoms in total. The molecule has 1 aliphatic rings. The van der Waals surface area contributed by atoms with Crippen LogP contribution >= 0.6 is 0 Å². The molecule has 3 aromatic carbocycles. The largest absolute Gasteiger partial charge is 0.543 e. The second-order valence-corrected chi connectivity index (χ2v) is 20.5. The number of nitrogens with zero attached hydrogens (tertiary/aromatic N) is 2. The van der Waals surface area contributed by atoms with E-state index in [-0.39, 0.29) is 42.9 Å². The number of carbonyl (C=O) groups is 2. The zero-order chi connectivity index (χ0) is 42.3. The first kappa shape index (κ1) is 45.0. The van der Waals surface area contributed by atoms with Crippen LogP contribution in [0.25, 0.3) is 0 Å². The fourth-order valence-electron chi connectivity index (χ4n) is 6.16. The molecule has 0 bridgehead atoms. The standard InChI is InChI=1S/C46H60N2O10Si/c1-8-51-42(49)21-12-10-11-16-36-32-56-45(57-43(36)38-19-13-14-20-39(38)58-59(6,7)46(3,4)5)35-17-15-18-37(30-35)53-28-29-55-41-31-34(44(50)52-9-2)22-23-40(41)54-27-26-48-25-24-47-33-48/h10-11,13-15,17-20,22-25,30-31,33,36,43,45H,8-9,12,16,21,26-29,32H2,1-7H3/b11-10-/t36-,43+,45+/m1/s1. The van der Waals surface area contributed by atoms with Crippen molar-refractivity contribution in [3.63, 3.8) is 0 Å². The Labute approximate surface area is 349 Å². The smallest absolute Gasteiger partial charge is 0.338 e. The van der Waals surface area contributed by atoms with E-state index < -0.39 is 20.6 Å². The summed E-state index contributed by atoms with van der Waals surface area (Å²) in [5, 5.41) is 0.00956. The number of hydrogen-bond donors (Lipinski definition) is 0. The molecule has 1 saturated heterocycles. The van der Waals surface area contributed by atoms with Crippen molar-refractivity contribution >= 4 is 20.3 Å². The maximum Gasteiger partial charge on any atom is 0.338 e. The third kappa shape index (κ3) is 13.2. The molecule has 1 fully saturated rings. The predicted octanol–water partition coefficient (Wildman–Crippen LogP) is 9.67. The Balaban J connectivity index is 1.27. The van der Waals surface area contributed by atoms with Gasteiger partial charge in [-0.3, -0.25) is 4.79 Å². The third-order valence-corrected chi connectivity index (χ3v) is 14.7. The molecule has 59 heavy (non-hydrogen) atoms. The van der Waals surface area contributed by atoms with E-state index in [9.17, 15) is 9.59 Å². The summed E-state index contributed by atoms with van der Waals surface area (Å²) in [6.07, 6.45) is 10.1. The van der Waals surface area contributed by atoms with Crippen molar-refractivity contribution < 1.29 is 47.2 Å². The fourth-order valence-corrected chi connectivity index (χ4v) is 7.20. The molecular weight excluding hydrogens is 769 g/mol. The molecule has 0 amide bonds. The van der Waals surface area contributed by atoms with Crippen LogP contribution in [0.5, 0.6) is 23.0 Å². The lowest BCUT2D eigenvalue weighted by atomic mass is 9.91. The molecule has 13 heteroatoms. The monoisotopic (exact) mass is 828 g/mol. The average Bonchev–Trinajstić information content (AvgIpc) is 3.73. The van der Waals surface area contributed by atoms with Gasteiger partial charge in [-0.2, -0.15) is 0 Å². The number of esters is 2. The van der Waals surface area contributed by atoms with E-state index in [1.165, 1.54) is 0 Å². The van der Waals surface area contributed by atoms with Gasteiger partial charge in [0, 0.05) is 35.9 Å². The van der Waals surface area contributed by atoms with E-state index in [2.05, 4.69) is 51.0 Å². The normalized spacial score (nSPS) is 17.0. The zero-order valence-corrected chi connectivity index (χ0v) is 36.5. The Morgan fingerprint density at radius 2 is 1.66 bits per heavy atom. The molecule has 0 saturated carbocycles. The summed E-state index contributed by atoms with van der Waals surface area (Å²) in [4.78, 5) is 28.4. The van der Waals surface area contributed by atoms with E-state index in [4.69, 9.17) is 37.6 Å². The molecule has 0 spiro atoms. The second-order valence-electron chi connectivity index (χ2n) is 15.7. The molecule has 3 atom stereocenters. The zero-order valence-electron chi connectivity index (χ0n) is 35.5. The maximum atomic E-state index is 12.5. The number of allylic oxidation sites excluding steroid dienone is 2. The van der Waals surface area contributed by atoms with Crippen molar-refractivity contribution in [2.24, 2.45) is 5.92 Å². The van der Waals surface area contributed by atoms with Crippen LogP contribution in [0.15, 0.2) is 97.6 Å². The molecule has 1 aromatic heterocycles. The Hall–Kier alpha value is -5.11. The number of imidazole rings is 1. The Bertz CT molecular complexity index is 1960.